The molecule has 0 bridgehead atoms. The molecule has 0 aliphatic heterocycles. The van der Waals surface area contributed by atoms with Crippen LogP contribution in [0.4, 0.5) is 0 Å². The van der Waals surface area contributed by atoms with Gasteiger partial charge in [0, 0.05) is 39.1 Å². The van der Waals surface area contributed by atoms with E-state index in [-0.39, 0.29) is 44.5 Å². The molecule has 0 heterocycles. The van der Waals surface area contributed by atoms with Crippen molar-refractivity contribution in [3.05, 3.63) is 0 Å². The first-order valence-corrected chi connectivity index (χ1v) is 15.7. The summed E-state index contributed by atoms with van der Waals surface area (Å²) < 4.78 is 0. The topological polar surface area (TPSA) is 149 Å². The Morgan fingerprint density at radius 3 is 1.15 bits per heavy atom. The van der Waals surface area contributed by atoms with Gasteiger partial charge in [-0.15, -0.1) is 0 Å². The maximum Gasteiger partial charge on any atom is 0.309 e. The standard InChI is InChI=1S/C10H20O2.2C8H16O2.C6H12O2.Y/c1-4-7-8-10(5-2,6-3)9(11)12;2*1-3-5-6-7(4-2)8(9)10;1-2-3-4-5-6(7)8;/h4-8H2,1-3H3,(H,11,12);2*7H,3-6H2,1-2H3,(H,9,10);2-5H2,1H3,(H,7,8);. The van der Waals surface area contributed by atoms with Gasteiger partial charge < -0.3 is 20.4 Å². The van der Waals surface area contributed by atoms with Gasteiger partial charge in [-0.2, -0.15) is 0 Å². The molecule has 8 nitrogen and oxygen atoms in total. The number of hydrogen-bond acceptors (Lipinski definition) is 4. The Kier molecular flexibility index (Phi) is 42.6. The van der Waals surface area contributed by atoms with Gasteiger partial charge >= 0.3 is 23.9 Å². The van der Waals surface area contributed by atoms with Crippen molar-refractivity contribution in [3.63, 3.8) is 0 Å². The zero-order chi connectivity index (χ0) is 32.0. The number of unbranched alkanes of at least 4 members (excludes halogenated alkanes) is 5. The molecule has 0 aliphatic carbocycles. The van der Waals surface area contributed by atoms with Crippen LogP contribution in [0.1, 0.15) is 165 Å². The van der Waals surface area contributed by atoms with Gasteiger partial charge in [-0.25, -0.2) is 0 Å². The van der Waals surface area contributed by atoms with Gasteiger partial charge in [0.2, 0.25) is 0 Å². The first-order chi connectivity index (χ1) is 18.8. The first-order valence-electron chi connectivity index (χ1n) is 15.7. The van der Waals surface area contributed by atoms with E-state index in [1.807, 2.05) is 27.7 Å². The van der Waals surface area contributed by atoms with Gasteiger partial charge in [0.15, 0.2) is 0 Å². The fourth-order valence-corrected chi connectivity index (χ4v) is 3.96. The third kappa shape index (κ3) is 31.7. The smallest absolute Gasteiger partial charge is 0.309 e. The van der Waals surface area contributed by atoms with Crippen LogP contribution in [-0.4, -0.2) is 44.3 Å². The second-order valence-corrected chi connectivity index (χ2v) is 10.4. The Morgan fingerprint density at radius 1 is 0.561 bits per heavy atom. The van der Waals surface area contributed by atoms with Crippen LogP contribution in [0.25, 0.3) is 0 Å². The number of carbonyl (C=O) groups is 4. The van der Waals surface area contributed by atoms with Crippen LogP contribution in [0.2, 0.25) is 0 Å². The molecule has 0 amide bonds. The van der Waals surface area contributed by atoms with Crippen molar-refractivity contribution in [2.45, 2.75) is 165 Å². The first kappa shape index (κ1) is 49.6. The molecule has 0 saturated carbocycles. The number of aliphatic carboxylic acids is 4. The fraction of sp³-hybridized carbons (Fsp3) is 0.875. The van der Waals surface area contributed by atoms with E-state index in [2.05, 4.69) is 27.7 Å². The van der Waals surface area contributed by atoms with Crippen molar-refractivity contribution in [3.8, 4) is 0 Å². The second-order valence-electron chi connectivity index (χ2n) is 10.4. The van der Waals surface area contributed by atoms with E-state index in [4.69, 9.17) is 20.4 Å². The maximum absolute atomic E-state index is 11.0. The minimum atomic E-state index is -0.682. The Morgan fingerprint density at radius 2 is 0.927 bits per heavy atom. The van der Waals surface area contributed by atoms with Gasteiger partial charge in [0.05, 0.1) is 17.3 Å². The molecule has 0 rings (SSSR count). The average molecular weight is 666 g/mol. The molecule has 0 saturated heterocycles. The van der Waals surface area contributed by atoms with Crippen LogP contribution < -0.4 is 0 Å². The van der Waals surface area contributed by atoms with E-state index in [9.17, 15) is 19.2 Å². The summed E-state index contributed by atoms with van der Waals surface area (Å²) in [6, 6.07) is 0. The molecule has 0 aromatic heterocycles. The minimum absolute atomic E-state index is 0. The molecule has 0 spiro atoms. The molecule has 2 unspecified atom stereocenters. The molecule has 41 heavy (non-hydrogen) atoms. The SMILES string of the molecule is CCCCC(CC)(CC)C(=O)O.CCCCC(CC)C(=O)O.CCCCC(CC)C(=O)O.CCCCCC(=O)O.[Y]. The van der Waals surface area contributed by atoms with Gasteiger partial charge in [-0.05, 0) is 51.4 Å². The van der Waals surface area contributed by atoms with E-state index >= 15 is 0 Å². The maximum atomic E-state index is 11.0. The Bertz CT molecular complexity index is 595. The minimum Gasteiger partial charge on any atom is -0.481 e. The number of hydrogen-bond donors (Lipinski definition) is 4. The molecular formula is C32H64O8Y. The summed E-state index contributed by atoms with van der Waals surface area (Å²) in [5, 5.41) is 34.4. The third-order valence-corrected chi connectivity index (χ3v) is 7.31. The molecule has 243 valence electrons. The second kappa shape index (κ2) is 35.2. The van der Waals surface area contributed by atoms with E-state index in [0.29, 0.717) is 6.42 Å². The summed E-state index contributed by atoms with van der Waals surface area (Å²) >= 11 is 0. The van der Waals surface area contributed by atoms with Crippen molar-refractivity contribution in [2.75, 3.05) is 0 Å². The van der Waals surface area contributed by atoms with Crippen LogP contribution in [0.15, 0.2) is 0 Å². The monoisotopic (exact) mass is 665 g/mol. The van der Waals surface area contributed by atoms with E-state index in [0.717, 1.165) is 103 Å². The largest absolute Gasteiger partial charge is 0.481 e. The quantitative estimate of drug-likeness (QED) is 0.0940. The van der Waals surface area contributed by atoms with Gasteiger partial charge in [0.1, 0.15) is 0 Å². The van der Waals surface area contributed by atoms with Crippen molar-refractivity contribution in [1.82, 2.24) is 0 Å². The Balaban J connectivity index is -0.000000141. The molecule has 2 atom stereocenters. The van der Waals surface area contributed by atoms with Crippen molar-refractivity contribution >= 4 is 23.9 Å². The molecule has 0 aromatic rings. The average Bonchev–Trinajstić information content (AvgIpc) is 2.91. The Labute approximate surface area is 276 Å². The predicted molar refractivity (Wildman–Crippen MR) is 164 cm³/mol. The predicted octanol–water partition coefficient (Wildman–Crippen LogP) is 9.29. The third-order valence-electron chi connectivity index (χ3n) is 7.31. The summed E-state index contributed by atoms with van der Waals surface area (Å²) in [4.78, 5) is 41.7. The number of carboxylic acids is 4. The van der Waals surface area contributed by atoms with Gasteiger partial charge in [-0.1, -0.05) is 107 Å². The van der Waals surface area contributed by atoms with Crippen LogP contribution in [-0.2, 0) is 51.9 Å². The van der Waals surface area contributed by atoms with Crippen LogP contribution in [0.5, 0.6) is 0 Å². The Hall–Kier alpha value is -1.02. The van der Waals surface area contributed by atoms with Gasteiger partial charge in [0.25, 0.3) is 0 Å². The van der Waals surface area contributed by atoms with Crippen molar-refractivity contribution < 1.29 is 72.3 Å². The molecular weight excluding hydrogens is 601 g/mol. The van der Waals surface area contributed by atoms with Gasteiger partial charge in [-0.3, -0.25) is 19.2 Å². The van der Waals surface area contributed by atoms with Crippen molar-refractivity contribution in [2.24, 2.45) is 17.3 Å². The van der Waals surface area contributed by atoms with E-state index in [1.54, 1.807) is 0 Å². The summed E-state index contributed by atoms with van der Waals surface area (Å²) in [6.07, 6.45) is 15.1. The fourth-order valence-electron chi connectivity index (χ4n) is 3.96. The molecule has 0 aliphatic rings. The summed E-state index contributed by atoms with van der Waals surface area (Å²) in [7, 11) is 0. The van der Waals surface area contributed by atoms with Crippen LogP contribution >= 0.6 is 0 Å². The number of carboxylic acid groups (broad SMARTS) is 4. The van der Waals surface area contributed by atoms with Crippen molar-refractivity contribution in [1.29, 1.82) is 0 Å². The molecule has 1 radical (unpaired) electrons. The van der Waals surface area contributed by atoms with Crippen LogP contribution in [0.3, 0.4) is 0 Å². The molecule has 9 heteroatoms. The van der Waals surface area contributed by atoms with E-state index < -0.39 is 29.3 Å². The van der Waals surface area contributed by atoms with E-state index in [1.165, 1.54) is 0 Å². The van der Waals surface area contributed by atoms with Crippen LogP contribution in [0, 0.1) is 17.3 Å². The molecule has 4 N–H and O–H groups in total. The summed E-state index contributed by atoms with van der Waals surface area (Å²) in [5.41, 5.74) is -0.448. The summed E-state index contributed by atoms with van der Waals surface area (Å²) in [5.74, 6) is -2.81. The summed E-state index contributed by atoms with van der Waals surface area (Å²) in [6.45, 7) is 16.1. The normalized spacial score (nSPS) is 11.5. The zero-order valence-corrected chi connectivity index (χ0v) is 30.5. The molecule has 0 aromatic carbocycles. The number of rotatable bonds is 20. The zero-order valence-electron chi connectivity index (χ0n) is 27.7. The molecule has 0 fully saturated rings.